The van der Waals surface area contributed by atoms with Crippen molar-refractivity contribution in [2.45, 2.75) is 19.3 Å². The summed E-state index contributed by atoms with van der Waals surface area (Å²) in [5, 5.41) is 12.8. The van der Waals surface area contributed by atoms with E-state index >= 15 is 0 Å². The van der Waals surface area contributed by atoms with Crippen molar-refractivity contribution in [3.05, 3.63) is 181 Å². The third-order valence-corrected chi connectivity index (χ3v) is 12.3. The Hall–Kier alpha value is -6.64. The van der Waals surface area contributed by atoms with Crippen molar-refractivity contribution in [2.24, 2.45) is 0 Å². The van der Waals surface area contributed by atoms with E-state index in [2.05, 4.69) is 193 Å². The van der Waals surface area contributed by atoms with Crippen LogP contribution in [0.25, 0.3) is 98.4 Å². The molecular formula is C51H34N2. The Kier molecular flexibility index (Phi) is 5.60. The van der Waals surface area contributed by atoms with Gasteiger partial charge in [-0.05, 0) is 86.3 Å². The highest BCUT2D eigenvalue weighted by Gasteiger charge is 2.35. The average Bonchev–Trinajstić information content (AvgIpc) is 3.81. The van der Waals surface area contributed by atoms with E-state index in [1.165, 1.54) is 110 Å². The van der Waals surface area contributed by atoms with Gasteiger partial charge >= 0.3 is 0 Å². The van der Waals surface area contributed by atoms with Crippen molar-refractivity contribution >= 4 is 75.9 Å². The summed E-state index contributed by atoms with van der Waals surface area (Å²) in [6, 6.07) is 63.3. The SMILES string of the molecule is CC1(C)c2ccccc2-c2ccc(-n3c4ccccc4c4cc(-n5c6ccccc6c6c7c8ccccc8ccc7c7ccccc7c65)ccc43)cc21. The van der Waals surface area contributed by atoms with Gasteiger partial charge in [0.1, 0.15) is 0 Å². The summed E-state index contributed by atoms with van der Waals surface area (Å²) in [6.45, 7) is 4.72. The Balaban J connectivity index is 1.17. The lowest BCUT2D eigenvalue weighted by Crippen LogP contribution is -2.15. The van der Waals surface area contributed by atoms with Gasteiger partial charge in [0.2, 0.25) is 0 Å². The largest absolute Gasteiger partial charge is 0.309 e. The number of benzene rings is 9. The van der Waals surface area contributed by atoms with Crippen LogP contribution in [0.15, 0.2) is 170 Å². The van der Waals surface area contributed by atoms with Gasteiger partial charge in [-0.2, -0.15) is 0 Å². The van der Waals surface area contributed by atoms with Crippen LogP contribution in [0.5, 0.6) is 0 Å². The molecule has 0 aliphatic heterocycles. The maximum absolute atomic E-state index is 2.52. The smallest absolute Gasteiger partial charge is 0.0626 e. The number of aromatic nitrogens is 2. The summed E-state index contributed by atoms with van der Waals surface area (Å²) < 4.78 is 4.99. The Morgan fingerprint density at radius 3 is 1.81 bits per heavy atom. The minimum absolute atomic E-state index is 0.0668. The summed E-state index contributed by atoms with van der Waals surface area (Å²) in [5.74, 6) is 0. The van der Waals surface area contributed by atoms with Gasteiger partial charge in [-0.25, -0.2) is 0 Å². The minimum atomic E-state index is -0.0668. The van der Waals surface area contributed by atoms with Crippen LogP contribution in [-0.4, -0.2) is 9.13 Å². The Morgan fingerprint density at radius 2 is 0.962 bits per heavy atom. The number of hydrogen-bond acceptors (Lipinski definition) is 0. The molecule has 0 amide bonds. The van der Waals surface area contributed by atoms with Crippen molar-refractivity contribution in [1.29, 1.82) is 0 Å². The molecule has 2 aromatic heterocycles. The number of fused-ring (bicyclic) bond motifs is 16. The standard InChI is InChI=1S/C51H34N2/c1-51(2)43-20-10-7-16-36(43)37-27-24-33(30-44(37)51)52-45-21-11-8-17-38(45)42-29-32(25-28-47(42)52)53-46-22-12-9-19-41(46)49-48-34-14-4-3-13-31(34)23-26-39(48)35-15-5-6-18-40(35)50(49)53/h3-30H,1-2H3. The van der Waals surface area contributed by atoms with E-state index in [1.54, 1.807) is 0 Å². The molecule has 2 nitrogen and oxygen atoms in total. The predicted molar refractivity (Wildman–Crippen MR) is 225 cm³/mol. The second-order valence-corrected chi connectivity index (χ2v) is 15.3. The summed E-state index contributed by atoms with van der Waals surface area (Å²) in [4.78, 5) is 0. The van der Waals surface area contributed by atoms with Gasteiger partial charge in [0, 0.05) is 49.1 Å². The molecule has 9 aromatic carbocycles. The molecule has 0 radical (unpaired) electrons. The number of hydrogen-bond donors (Lipinski definition) is 0. The molecule has 0 unspecified atom stereocenters. The minimum Gasteiger partial charge on any atom is -0.309 e. The third kappa shape index (κ3) is 3.72. The van der Waals surface area contributed by atoms with Crippen LogP contribution in [0.1, 0.15) is 25.0 Å². The summed E-state index contributed by atoms with van der Waals surface area (Å²) in [5.41, 5.74) is 12.7. The first-order valence-electron chi connectivity index (χ1n) is 18.6. The summed E-state index contributed by atoms with van der Waals surface area (Å²) >= 11 is 0. The second-order valence-electron chi connectivity index (χ2n) is 15.3. The summed E-state index contributed by atoms with van der Waals surface area (Å²) in [7, 11) is 0. The van der Waals surface area contributed by atoms with Gasteiger partial charge in [0.05, 0.1) is 22.1 Å². The topological polar surface area (TPSA) is 9.86 Å². The fourth-order valence-electron chi connectivity index (χ4n) is 9.92. The van der Waals surface area contributed by atoms with E-state index in [-0.39, 0.29) is 5.41 Å². The van der Waals surface area contributed by atoms with Gasteiger partial charge < -0.3 is 9.13 Å². The molecule has 53 heavy (non-hydrogen) atoms. The molecule has 2 heterocycles. The number of para-hydroxylation sites is 2. The molecule has 0 atom stereocenters. The van der Waals surface area contributed by atoms with Gasteiger partial charge in [0.25, 0.3) is 0 Å². The van der Waals surface area contributed by atoms with E-state index in [0.717, 1.165) is 0 Å². The molecule has 0 spiro atoms. The molecule has 1 aliphatic carbocycles. The first kappa shape index (κ1) is 29.0. The van der Waals surface area contributed by atoms with Crippen molar-refractivity contribution < 1.29 is 0 Å². The van der Waals surface area contributed by atoms with Gasteiger partial charge in [-0.1, -0.05) is 141 Å². The van der Waals surface area contributed by atoms with Crippen LogP contribution in [0.3, 0.4) is 0 Å². The first-order valence-corrected chi connectivity index (χ1v) is 18.6. The van der Waals surface area contributed by atoms with Crippen LogP contribution in [0.2, 0.25) is 0 Å². The molecule has 12 rings (SSSR count). The first-order chi connectivity index (χ1) is 26.1. The van der Waals surface area contributed by atoms with E-state index in [0.29, 0.717) is 0 Å². The van der Waals surface area contributed by atoms with Crippen LogP contribution >= 0.6 is 0 Å². The number of nitrogens with zero attached hydrogens (tertiary/aromatic N) is 2. The van der Waals surface area contributed by atoms with Crippen molar-refractivity contribution in [1.82, 2.24) is 9.13 Å². The molecule has 1 aliphatic rings. The lowest BCUT2D eigenvalue weighted by Gasteiger charge is -2.22. The Bertz CT molecular complexity index is 3370. The van der Waals surface area contributed by atoms with E-state index < -0.39 is 0 Å². The molecule has 0 bridgehead atoms. The van der Waals surface area contributed by atoms with Crippen molar-refractivity contribution in [2.75, 3.05) is 0 Å². The fourth-order valence-corrected chi connectivity index (χ4v) is 9.92. The molecule has 0 N–H and O–H groups in total. The molecular weight excluding hydrogens is 641 g/mol. The molecule has 0 saturated carbocycles. The average molecular weight is 675 g/mol. The zero-order valence-electron chi connectivity index (χ0n) is 29.6. The lowest BCUT2D eigenvalue weighted by molar-refractivity contribution is 0.660. The second kappa shape index (κ2) is 10.2. The molecule has 0 saturated heterocycles. The molecule has 0 fully saturated rings. The van der Waals surface area contributed by atoms with Crippen LogP contribution in [0.4, 0.5) is 0 Å². The Morgan fingerprint density at radius 1 is 0.358 bits per heavy atom. The van der Waals surface area contributed by atoms with Crippen LogP contribution in [-0.2, 0) is 5.41 Å². The lowest BCUT2D eigenvalue weighted by atomic mass is 9.82. The van der Waals surface area contributed by atoms with Crippen LogP contribution in [0, 0.1) is 0 Å². The van der Waals surface area contributed by atoms with Crippen molar-refractivity contribution in [3.63, 3.8) is 0 Å². The third-order valence-electron chi connectivity index (χ3n) is 12.3. The van der Waals surface area contributed by atoms with E-state index in [4.69, 9.17) is 0 Å². The maximum atomic E-state index is 2.52. The van der Waals surface area contributed by atoms with E-state index in [9.17, 15) is 0 Å². The molecule has 2 heteroatoms. The maximum Gasteiger partial charge on any atom is 0.0626 e. The van der Waals surface area contributed by atoms with Crippen molar-refractivity contribution in [3.8, 4) is 22.5 Å². The predicted octanol–water partition coefficient (Wildman–Crippen LogP) is 13.6. The zero-order chi connectivity index (χ0) is 35.0. The highest BCUT2D eigenvalue weighted by molar-refractivity contribution is 6.36. The Labute approximate surface area is 306 Å². The highest BCUT2D eigenvalue weighted by Crippen LogP contribution is 2.50. The summed E-state index contributed by atoms with van der Waals surface area (Å²) in [6.07, 6.45) is 0. The number of rotatable bonds is 2. The normalized spacial score (nSPS) is 13.6. The van der Waals surface area contributed by atoms with Crippen LogP contribution < -0.4 is 0 Å². The zero-order valence-corrected chi connectivity index (χ0v) is 29.6. The molecule has 248 valence electrons. The van der Waals surface area contributed by atoms with Gasteiger partial charge in [0.15, 0.2) is 0 Å². The molecule has 11 aromatic rings. The van der Waals surface area contributed by atoms with E-state index in [1.807, 2.05) is 0 Å². The monoisotopic (exact) mass is 674 g/mol. The van der Waals surface area contributed by atoms with Gasteiger partial charge in [-0.3, -0.25) is 0 Å². The quantitative estimate of drug-likeness (QED) is 0.162. The fraction of sp³-hybridized carbons (Fsp3) is 0.0588. The van der Waals surface area contributed by atoms with Gasteiger partial charge in [-0.15, -0.1) is 0 Å². The highest BCUT2D eigenvalue weighted by atomic mass is 15.0.